The van der Waals surface area contributed by atoms with E-state index in [1.165, 1.54) is 0 Å². The van der Waals surface area contributed by atoms with Crippen molar-refractivity contribution in [3.8, 4) is 11.4 Å². The summed E-state index contributed by atoms with van der Waals surface area (Å²) in [6.45, 7) is 2.32. The average molecular weight is 337 g/mol. The van der Waals surface area contributed by atoms with Crippen molar-refractivity contribution in [1.29, 1.82) is 0 Å². The second-order valence-electron chi connectivity index (χ2n) is 4.78. The van der Waals surface area contributed by atoms with Gasteiger partial charge in [0.05, 0.1) is 5.02 Å². The molecule has 0 saturated heterocycles. The van der Waals surface area contributed by atoms with Gasteiger partial charge in [-0.2, -0.15) is 4.80 Å². The Labute approximate surface area is 138 Å². The van der Waals surface area contributed by atoms with Gasteiger partial charge in [0.1, 0.15) is 6.54 Å². The van der Waals surface area contributed by atoms with Crippen molar-refractivity contribution in [2.45, 2.75) is 26.3 Å². The summed E-state index contributed by atoms with van der Waals surface area (Å²) < 4.78 is 0. The lowest BCUT2D eigenvalue weighted by Gasteiger charge is -2.05. The van der Waals surface area contributed by atoms with Gasteiger partial charge in [0.15, 0.2) is 0 Å². The number of carbonyl (C=O) groups is 2. The fourth-order valence-electron chi connectivity index (χ4n) is 1.78. The van der Waals surface area contributed by atoms with Crippen LogP contribution < -0.4 is 10.6 Å². The summed E-state index contributed by atoms with van der Waals surface area (Å²) >= 11 is 6.05. The zero-order chi connectivity index (χ0) is 16.7. The van der Waals surface area contributed by atoms with Gasteiger partial charge in [-0.25, -0.2) is 4.79 Å². The molecule has 9 heteroatoms. The van der Waals surface area contributed by atoms with Gasteiger partial charge in [0, 0.05) is 12.1 Å². The van der Waals surface area contributed by atoms with Crippen molar-refractivity contribution < 1.29 is 9.59 Å². The first-order chi connectivity index (χ1) is 11.1. The Morgan fingerprint density at radius 3 is 2.83 bits per heavy atom. The van der Waals surface area contributed by atoms with E-state index in [0.29, 0.717) is 23.0 Å². The van der Waals surface area contributed by atoms with Gasteiger partial charge in [-0.3, -0.25) is 10.1 Å². The fourth-order valence-corrected chi connectivity index (χ4v) is 2.00. The largest absolute Gasteiger partial charge is 0.338 e. The van der Waals surface area contributed by atoms with Crippen LogP contribution in [0.3, 0.4) is 0 Å². The molecule has 1 aromatic carbocycles. The summed E-state index contributed by atoms with van der Waals surface area (Å²) in [4.78, 5) is 24.3. The highest BCUT2D eigenvalue weighted by molar-refractivity contribution is 6.33. The topological polar surface area (TPSA) is 102 Å². The van der Waals surface area contributed by atoms with Crippen LogP contribution in [0.25, 0.3) is 11.4 Å². The van der Waals surface area contributed by atoms with Gasteiger partial charge in [-0.1, -0.05) is 37.1 Å². The van der Waals surface area contributed by atoms with E-state index < -0.39 is 11.9 Å². The van der Waals surface area contributed by atoms with Gasteiger partial charge >= 0.3 is 6.03 Å². The summed E-state index contributed by atoms with van der Waals surface area (Å²) in [5.41, 5.74) is 0.623. The number of nitrogens with zero attached hydrogens (tertiary/aromatic N) is 4. The third kappa shape index (κ3) is 5.03. The smallest absolute Gasteiger partial charge is 0.321 e. The molecule has 0 bridgehead atoms. The maximum atomic E-state index is 11.7. The van der Waals surface area contributed by atoms with E-state index in [4.69, 9.17) is 11.6 Å². The maximum Gasteiger partial charge on any atom is 0.321 e. The predicted octanol–water partition coefficient (Wildman–Crippen LogP) is 1.62. The molecule has 3 amide bonds. The highest BCUT2D eigenvalue weighted by Crippen LogP contribution is 2.23. The van der Waals surface area contributed by atoms with Crippen molar-refractivity contribution in [2.24, 2.45) is 0 Å². The summed E-state index contributed by atoms with van der Waals surface area (Å²) in [7, 11) is 0. The van der Waals surface area contributed by atoms with Crippen LogP contribution in [0.15, 0.2) is 24.3 Å². The number of aromatic nitrogens is 4. The number of unbranched alkanes of at least 4 members (excludes halogenated alkanes) is 1. The molecule has 2 N–H and O–H groups in total. The summed E-state index contributed by atoms with van der Waals surface area (Å²) in [6.07, 6.45) is 1.81. The first-order valence-electron chi connectivity index (χ1n) is 7.20. The SMILES string of the molecule is CCCCNC(=O)NC(=O)Cn1nnc(-c2ccccc2Cl)n1. The Bertz CT molecular complexity index is 687. The molecule has 0 aliphatic rings. The lowest BCUT2D eigenvalue weighted by molar-refractivity contribution is -0.121. The molecule has 122 valence electrons. The second kappa shape index (κ2) is 8.23. The minimum absolute atomic E-state index is 0.210. The van der Waals surface area contributed by atoms with Gasteiger partial charge in [0.25, 0.3) is 5.91 Å². The van der Waals surface area contributed by atoms with E-state index in [1.54, 1.807) is 24.3 Å². The van der Waals surface area contributed by atoms with E-state index in [1.807, 2.05) is 6.92 Å². The highest BCUT2D eigenvalue weighted by Gasteiger charge is 2.13. The number of amides is 3. The average Bonchev–Trinajstić information content (AvgIpc) is 2.96. The number of benzene rings is 1. The standard InChI is InChI=1S/C14H17ClN6O2/c1-2-3-8-16-14(23)17-12(22)9-21-19-13(18-20-21)10-6-4-5-7-11(10)15/h4-7H,2-3,8-9H2,1H3,(H2,16,17,22,23). The van der Waals surface area contributed by atoms with Crippen LogP contribution in [-0.2, 0) is 11.3 Å². The number of hydrogen-bond donors (Lipinski definition) is 2. The Morgan fingerprint density at radius 1 is 1.30 bits per heavy atom. The molecule has 0 saturated carbocycles. The van der Waals surface area contributed by atoms with E-state index in [0.717, 1.165) is 17.6 Å². The van der Waals surface area contributed by atoms with Crippen LogP contribution in [0.4, 0.5) is 4.79 Å². The number of urea groups is 1. The van der Waals surface area contributed by atoms with Crippen molar-refractivity contribution in [3.05, 3.63) is 29.3 Å². The van der Waals surface area contributed by atoms with Crippen LogP contribution in [0, 0.1) is 0 Å². The minimum Gasteiger partial charge on any atom is -0.338 e. The summed E-state index contributed by atoms with van der Waals surface area (Å²) in [5.74, 6) is -0.210. The van der Waals surface area contributed by atoms with E-state index in [2.05, 4.69) is 26.0 Å². The quantitative estimate of drug-likeness (QED) is 0.780. The molecule has 23 heavy (non-hydrogen) atoms. The minimum atomic E-state index is -0.533. The zero-order valence-electron chi connectivity index (χ0n) is 12.6. The Balaban J connectivity index is 1.90. The Hall–Kier alpha value is -2.48. The van der Waals surface area contributed by atoms with Crippen molar-refractivity contribution in [3.63, 3.8) is 0 Å². The summed E-state index contributed by atoms with van der Waals surface area (Å²) in [6, 6.07) is 6.53. The van der Waals surface area contributed by atoms with Gasteiger partial charge in [0.2, 0.25) is 5.82 Å². The molecule has 0 aliphatic carbocycles. The number of hydrogen-bond acceptors (Lipinski definition) is 5. The molecule has 0 fully saturated rings. The molecule has 1 heterocycles. The molecule has 1 aromatic heterocycles. The van der Waals surface area contributed by atoms with Crippen LogP contribution in [-0.4, -0.2) is 38.7 Å². The number of imide groups is 1. The molecular formula is C14H17ClN6O2. The molecule has 2 aromatic rings. The van der Waals surface area contributed by atoms with Crippen LogP contribution in [0.5, 0.6) is 0 Å². The van der Waals surface area contributed by atoms with Crippen molar-refractivity contribution in [2.75, 3.05) is 6.54 Å². The Kier molecular flexibility index (Phi) is 6.04. The van der Waals surface area contributed by atoms with E-state index in [-0.39, 0.29) is 6.54 Å². The number of nitrogens with one attached hydrogen (secondary N) is 2. The third-order valence-corrected chi connectivity index (χ3v) is 3.25. The predicted molar refractivity (Wildman–Crippen MR) is 84.7 cm³/mol. The number of halogens is 1. The van der Waals surface area contributed by atoms with Crippen LogP contribution in [0.2, 0.25) is 5.02 Å². The highest BCUT2D eigenvalue weighted by atomic mass is 35.5. The molecule has 0 radical (unpaired) electrons. The Morgan fingerprint density at radius 2 is 2.09 bits per heavy atom. The number of carbonyl (C=O) groups excluding carboxylic acids is 2. The van der Waals surface area contributed by atoms with E-state index in [9.17, 15) is 9.59 Å². The molecule has 0 aliphatic heterocycles. The third-order valence-electron chi connectivity index (χ3n) is 2.92. The van der Waals surface area contributed by atoms with Gasteiger partial charge in [-0.05, 0) is 23.8 Å². The molecule has 0 spiro atoms. The molecule has 0 unspecified atom stereocenters. The summed E-state index contributed by atoms with van der Waals surface area (Å²) in [5, 5.41) is 17.0. The van der Waals surface area contributed by atoms with Gasteiger partial charge in [-0.15, -0.1) is 10.2 Å². The monoisotopic (exact) mass is 336 g/mol. The fraction of sp³-hybridized carbons (Fsp3) is 0.357. The van der Waals surface area contributed by atoms with Gasteiger partial charge < -0.3 is 5.32 Å². The second-order valence-corrected chi connectivity index (χ2v) is 5.19. The molecule has 8 nitrogen and oxygen atoms in total. The first kappa shape index (κ1) is 16.9. The lowest BCUT2D eigenvalue weighted by atomic mass is 10.2. The molecule has 0 atom stereocenters. The van der Waals surface area contributed by atoms with Crippen molar-refractivity contribution >= 4 is 23.5 Å². The zero-order valence-corrected chi connectivity index (χ0v) is 13.4. The van der Waals surface area contributed by atoms with Crippen LogP contribution in [0.1, 0.15) is 19.8 Å². The number of tetrazole rings is 1. The molecule has 2 rings (SSSR count). The first-order valence-corrected chi connectivity index (χ1v) is 7.58. The van der Waals surface area contributed by atoms with Crippen LogP contribution >= 0.6 is 11.6 Å². The lowest BCUT2D eigenvalue weighted by Crippen LogP contribution is -2.41. The molecular weight excluding hydrogens is 320 g/mol. The maximum absolute atomic E-state index is 11.7. The van der Waals surface area contributed by atoms with Crippen molar-refractivity contribution in [1.82, 2.24) is 30.8 Å². The van der Waals surface area contributed by atoms with E-state index >= 15 is 0 Å². The number of rotatable bonds is 6. The normalized spacial score (nSPS) is 10.3.